The number of benzene rings is 2. The zero-order valence-electron chi connectivity index (χ0n) is 18.3. The molecule has 1 saturated carbocycles. The summed E-state index contributed by atoms with van der Waals surface area (Å²) in [4.78, 5) is 17.1. The number of methoxy groups -OCH3 is 1. The number of rotatable bonds is 6. The van der Waals surface area contributed by atoms with Crippen molar-refractivity contribution in [3.63, 3.8) is 0 Å². The molecule has 168 valence electrons. The van der Waals surface area contributed by atoms with Crippen molar-refractivity contribution in [2.45, 2.75) is 55.8 Å². The molecule has 0 amide bonds. The number of hydrogen-bond donors (Lipinski definition) is 0. The molecule has 4 rings (SSSR count). The van der Waals surface area contributed by atoms with Crippen molar-refractivity contribution in [1.82, 2.24) is 4.98 Å². The molecule has 0 spiro atoms. The predicted molar refractivity (Wildman–Crippen MR) is 123 cm³/mol. The molecular formula is C25H27NO5S. The molecule has 0 aliphatic heterocycles. The Morgan fingerprint density at radius 3 is 2.44 bits per heavy atom. The Morgan fingerprint density at radius 1 is 1.03 bits per heavy atom. The zero-order chi connectivity index (χ0) is 22.7. The van der Waals surface area contributed by atoms with Crippen LogP contribution in [-0.2, 0) is 21.2 Å². The summed E-state index contributed by atoms with van der Waals surface area (Å²) in [6, 6.07) is 14.6. The zero-order valence-corrected chi connectivity index (χ0v) is 19.2. The van der Waals surface area contributed by atoms with E-state index in [1.807, 2.05) is 30.3 Å². The first-order chi connectivity index (χ1) is 15.4. The first-order valence-electron chi connectivity index (χ1n) is 10.8. The maximum absolute atomic E-state index is 13.2. The first-order valence-corrected chi connectivity index (χ1v) is 12.4. The minimum absolute atomic E-state index is 0.0799. The van der Waals surface area contributed by atoms with E-state index >= 15 is 0 Å². The van der Waals surface area contributed by atoms with E-state index in [9.17, 15) is 13.2 Å². The fraction of sp³-hybridized carbons (Fsp3) is 0.360. The Kier molecular flexibility index (Phi) is 6.46. The van der Waals surface area contributed by atoms with Crippen molar-refractivity contribution in [1.29, 1.82) is 0 Å². The Bertz CT molecular complexity index is 1230. The lowest BCUT2D eigenvalue weighted by molar-refractivity contribution is 0.0588. The minimum Gasteiger partial charge on any atom is -0.486 e. The van der Waals surface area contributed by atoms with Gasteiger partial charge in [0.15, 0.2) is 21.3 Å². The van der Waals surface area contributed by atoms with Crippen LogP contribution >= 0.6 is 0 Å². The maximum atomic E-state index is 13.2. The largest absolute Gasteiger partial charge is 0.486 e. The lowest BCUT2D eigenvalue weighted by Crippen LogP contribution is -2.24. The molecule has 1 fully saturated rings. The van der Waals surface area contributed by atoms with Crippen molar-refractivity contribution in [3.05, 3.63) is 65.5 Å². The Labute approximate surface area is 188 Å². The number of esters is 1. The van der Waals surface area contributed by atoms with Gasteiger partial charge in [0.25, 0.3) is 0 Å². The second-order valence-electron chi connectivity index (χ2n) is 8.15. The summed E-state index contributed by atoms with van der Waals surface area (Å²) in [5, 5.41) is 0.944. The number of carbonyl (C=O) groups is 1. The molecule has 6 nitrogen and oxygen atoms in total. The molecule has 1 aliphatic rings. The molecule has 0 N–H and O–H groups in total. The van der Waals surface area contributed by atoms with Gasteiger partial charge in [-0.1, -0.05) is 49.6 Å². The van der Waals surface area contributed by atoms with E-state index in [4.69, 9.17) is 9.47 Å². The summed E-state index contributed by atoms with van der Waals surface area (Å²) in [5.74, 6) is -0.306. The third kappa shape index (κ3) is 4.35. The standard InChI is InChI=1S/C25H27NO5S/c1-17-22-15-20(32(28,29)19-11-7-4-8-12-19)13-14-21(22)24(23(26-17)25(27)30-2)31-16-18-9-5-3-6-10-18/h3,5-6,9-10,13-15,19H,4,7-8,11-12,16H2,1-2H3. The minimum atomic E-state index is -3.43. The third-order valence-electron chi connectivity index (χ3n) is 6.04. The highest BCUT2D eigenvalue weighted by Gasteiger charge is 2.30. The number of sulfone groups is 1. The van der Waals surface area contributed by atoms with Gasteiger partial charge in [-0.15, -0.1) is 0 Å². The van der Waals surface area contributed by atoms with E-state index in [0.717, 1.165) is 24.8 Å². The van der Waals surface area contributed by atoms with Gasteiger partial charge in [0.05, 0.1) is 17.3 Å². The summed E-state index contributed by atoms with van der Waals surface area (Å²) < 4.78 is 37.4. The molecule has 1 aliphatic carbocycles. The number of pyridine rings is 1. The van der Waals surface area contributed by atoms with Crippen LogP contribution in [0.25, 0.3) is 10.8 Å². The van der Waals surface area contributed by atoms with Crippen LogP contribution in [0.15, 0.2) is 53.4 Å². The summed E-state index contributed by atoms with van der Waals surface area (Å²) >= 11 is 0. The summed E-state index contributed by atoms with van der Waals surface area (Å²) in [6.07, 6.45) is 4.37. The second-order valence-corrected chi connectivity index (χ2v) is 10.4. The molecule has 3 aromatic rings. The van der Waals surface area contributed by atoms with Crippen molar-refractivity contribution in [3.8, 4) is 5.75 Å². The number of aryl methyl sites for hydroxylation is 1. The van der Waals surface area contributed by atoms with Gasteiger partial charge >= 0.3 is 5.97 Å². The molecule has 1 heterocycles. The van der Waals surface area contributed by atoms with Gasteiger partial charge in [-0.3, -0.25) is 0 Å². The normalized spacial score (nSPS) is 14.9. The van der Waals surface area contributed by atoms with Gasteiger partial charge in [0, 0.05) is 16.5 Å². The molecule has 0 unspecified atom stereocenters. The molecular weight excluding hydrogens is 426 g/mol. The Hall–Kier alpha value is -2.93. The van der Waals surface area contributed by atoms with Crippen LogP contribution in [0.2, 0.25) is 0 Å². The fourth-order valence-corrected chi connectivity index (χ4v) is 6.16. The molecule has 0 saturated heterocycles. The van der Waals surface area contributed by atoms with Gasteiger partial charge in [-0.05, 0) is 43.5 Å². The van der Waals surface area contributed by atoms with Crippen LogP contribution in [0.3, 0.4) is 0 Å². The summed E-state index contributed by atoms with van der Waals surface area (Å²) in [7, 11) is -2.13. The van der Waals surface area contributed by atoms with Gasteiger partial charge in [-0.25, -0.2) is 18.2 Å². The molecule has 2 aromatic carbocycles. The van der Waals surface area contributed by atoms with Crippen LogP contribution in [-0.4, -0.2) is 31.7 Å². The van der Waals surface area contributed by atoms with E-state index in [0.29, 0.717) is 40.0 Å². The van der Waals surface area contributed by atoms with Gasteiger partial charge in [0.1, 0.15) is 6.61 Å². The lowest BCUT2D eigenvalue weighted by Gasteiger charge is -2.22. The highest BCUT2D eigenvalue weighted by molar-refractivity contribution is 7.92. The first kappa shape index (κ1) is 22.3. The van der Waals surface area contributed by atoms with Crippen molar-refractivity contribution >= 4 is 26.6 Å². The van der Waals surface area contributed by atoms with Crippen LogP contribution < -0.4 is 4.74 Å². The van der Waals surface area contributed by atoms with Gasteiger partial charge in [-0.2, -0.15) is 0 Å². The van der Waals surface area contributed by atoms with Crippen molar-refractivity contribution in [2.24, 2.45) is 0 Å². The molecule has 0 atom stereocenters. The van der Waals surface area contributed by atoms with Crippen molar-refractivity contribution in [2.75, 3.05) is 7.11 Å². The second kappa shape index (κ2) is 9.28. The average molecular weight is 454 g/mol. The summed E-state index contributed by atoms with van der Waals surface area (Å²) in [5.41, 5.74) is 1.57. The molecule has 0 bridgehead atoms. The number of fused-ring (bicyclic) bond motifs is 1. The average Bonchev–Trinajstić information content (AvgIpc) is 2.83. The Balaban J connectivity index is 1.79. The van der Waals surface area contributed by atoms with E-state index < -0.39 is 15.8 Å². The topological polar surface area (TPSA) is 82.6 Å². The number of ether oxygens (including phenoxy) is 2. The Morgan fingerprint density at radius 2 is 1.75 bits per heavy atom. The maximum Gasteiger partial charge on any atom is 0.360 e. The van der Waals surface area contributed by atoms with E-state index in [1.54, 1.807) is 25.1 Å². The quantitative estimate of drug-likeness (QED) is 0.488. The third-order valence-corrected chi connectivity index (χ3v) is 8.30. The van der Waals surface area contributed by atoms with Gasteiger partial charge < -0.3 is 9.47 Å². The van der Waals surface area contributed by atoms with Gasteiger partial charge in [0.2, 0.25) is 0 Å². The van der Waals surface area contributed by atoms with Crippen LogP contribution in [0.4, 0.5) is 0 Å². The predicted octanol–water partition coefficient (Wildman–Crippen LogP) is 5.02. The number of nitrogens with zero attached hydrogens (tertiary/aromatic N) is 1. The number of carbonyl (C=O) groups excluding carboxylic acids is 1. The van der Waals surface area contributed by atoms with Crippen LogP contribution in [0.5, 0.6) is 5.75 Å². The van der Waals surface area contributed by atoms with E-state index in [1.165, 1.54) is 7.11 Å². The molecule has 0 radical (unpaired) electrons. The molecule has 32 heavy (non-hydrogen) atoms. The summed E-state index contributed by atoms with van der Waals surface area (Å²) in [6.45, 7) is 2.00. The monoisotopic (exact) mass is 453 g/mol. The molecule has 7 heteroatoms. The number of aromatic nitrogens is 1. The van der Waals surface area contributed by atoms with Crippen LogP contribution in [0.1, 0.15) is 53.8 Å². The number of hydrogen-bond acceptors (Lipinski definition) is 6. The molecule has 1 aromatic heterocycles. The van der Waals surface area contributed by atoms with E-state index in [-0.39, 0.29) is 17.6 Å². The van der Waals surface area contributed by atoms with E-state index in [2.05, 4.69) is 4.98 Å². The van der Waals surface area contributed by atoms with Crippen LogP contribution in [0, 0.1) is 6.92 Å². The lowest BCUT2D eigenvalue weighted by atomic mass is 10.0. The SMILES string of the molecule is COC(=O)c1nc(C)c2cc(S(=O)(=O)C3CCCCC3)ccc2c1OCc1ccccc1. The highest BCUT2D eigenvalue weighted by Crippen LogP contribution is 2.35. The van der Waals surface area contributed by atoms with Crippen molar-refractivity contribution < 1.29 is 22.7 Å². The smallest absolute Gasteiger partial charge is 0.360 e. The fourth-order valence-electron chi connectivity index (χ4n) is 4.28. The highest BCUT2D eigenvalue weighted by atomic mass is 32.2.